The van der Waals surface area contributed by atoms with Crippen molar-refractivity contribution >= 4 is 35.4 Å². The van der Waals surface area contributed by atoms with Crippen LogP contribution < -0.4 is 15.4 Å². The van der Waals surface area contributed by atoms with Gasteiger partial charge >= 0.3 is 17.8 Å². The van der Waals surface area contributed by atoms with Crippen LogP contribution in [0.25, 0.3) is 0 Å². The van der Waals surface area contributed by atoms with Crippen molar-refractivity contribution in [2.75, 3.05) is 19.0 Å². The maximum Gasteiger partial charge on any atom is 0.338 e. The second-order valence-electron chi connectivity index (χ2n) is 7.17. The molecule has 9 nitrogen and oxygen atoms in total. The van der Waals surface area contributed by atoms with E-state index in [1.54, 1.807) is 32.4 Å². The summed E-state index contributed by atoms with van der Waals surface area (Å²) in [5, 5.41) is 4.96. The van der Waals surface area contributed by atoms with Crippen molar-refractivity contribution in [3.8, 4) is 5.75 Å². The van der Waals surface area contributed by atoms with Crippen LogP contribution in [-0.4, -0.2) is 37.7 Å². The van der Waals surface area contributed by atoms with Crippen molar-refractivity contribution in [3.05, 3.63) is 77.2 Å². The summed E-state index contributed by atoms with van der Waals surface area (Å²) >= 11 is 0. The van der Waals surface area contributed by atoms with Crippen molar-refractivity contribution in [2.24, 2.45) is 4.99 Å². The third-order valence-corrected chi connectivity index (χ3v) is 4.63. The number of carbonyl (C=O) groups excluding carboxylic acids is 3. The molecule has 2 N–H and O–H groups in total. The Bertz CT molecular complexity index is 1200. The minimum absolute atomic E-state index is 0.0235. The Hall–Kier alpha value is -4.40. The number of rotatable bonds is 8. The number of esters is 1. The monoisotopic (exact) mass is 463 g/mol. The number of methoxy groups -OCH3 is 1. The van der Waals surface area contributed by atoms with Crippen LogP contribution >= 0.6 is 0 Å². The van der Waals surface area contributed by atoms with E-state index in [-0.39, 0.29) is 13.2 Å². The molecule has 0 unspecified atom stereocenters. The van der Waals surface area contributed by atoms with E-state index in [0.29, 0.717) is 34.2 Å². The minimum atomic E-state index is -0.844. The quantitative estimate of drug-likeness (QED) is 0.298. The predicted molar refractivity (Wildman–Crippen MR) is 127 cm³/mol. The van der Waals surface area contributed by atoms with Gasteiger partial charge in [0, 0.05) is 5.69 Å². The van der Waals surface area contributed by atoms with Crippen molar-refractivity contribution < 1.29 is 28.3 Å². The zero-order valence-electron chi connectivity index (χ0n) is 19.1. The van der Waals surface area contributed by atoms with E-state index >= 15 is 0 Å². The second kappa shape index (κ2) is 11.5. The number of aryl methyl sites for hydroxylation is 1. The highest BCUT2D eigenvalue weighted by Gasteiger charge is 2.15. The van der Waals surface area contributed by atoms with Crippen LogP contribution in [0, 0.1) is 6.92 Å². The van der Waals surface area contributed by atoms with Crippen molar-refractivity contribution in [3.63, 3.8) is 0 Å². The number of nitrogens with zero attached hydrogens (tertiary/aromatic N) is 1. The van der Waals surface area contributed by atoms with Crippen molar-refractivity contribution in [1.82, 2.24) is 5.32 Å². The number of nitrogens with one attached hydrogen (secondary N) is 2. The molecule has 176 valence electrons. The molecule has 0 saturated heterocycles. The summed E-state index contributed by atoms with van der Waals surface area (Å²) in [6.45, 7) is 3.96. The molecule has 0 bridgehead atoms. The molecule has 0 aliphatic carbocycles. The number of aliphatic imine (C=N–C) groups is 1. The van der Waals surface area contributed by atoms with Crippen LogP contribution in [0.1, 0.15) is 34.4 Å². The fraction of sp³-hybridized carbons (Fsp3) is 0.200. The molecule has 2 amide bonds. The topological polar surface area (TPSA) is 119 Å². The maximum absolute atomic E-state index is 12.1. The van der Waals surface area contributed by atoms with E-state index < -0.39 is 17.8 Å². The Morgan fingerprint density at radius 2 is 1.79 bits per heavy atom. The summed E-state index contributed by atoms with van der Waals surface area (Å²) in [5.41, 5.74) is 2.43. The molecule has 3 rings (SSSR count). The summed E-state index contributed by atoms with van der Waals surface area (Å²) in [7, 11) is 1.58. The van der Waals surface area contributed by atoms with Crippen LogP contribution in [0.4, 0.5) is 11.4 Å². The molecule has 1 heterocycles. The van der Waals surface area contributed by atoms with Crippen LogP contribution in [0.2, 0.25) is 0 Å². The summed E-state index contributed by atoms with van der Waals surface area (Å²) < 4.78 is 15.8. The first-order valence-electron chi connectivity index (χ1n) is 10.5. The van der Waals surface area contributed by atoms with Gasteiger partial charge in [0.15, 0.2) is 0 Å². The smallest absolute Gasteiger partial charge is 0.338 e. The Labute approximate surface area is 196 Å². The van der Waals surface area contributed by atoms with Crippen molar-refractivity contribution in [1.29, 1.82) is 0 Å². The Kier molecular flexibility index (Phi) is 8.17. The average molecular weight is 463 g/mol. The molecule has 9 heteroatoms. The van der Waals surface area contributed by atoms with E-state index in [2.05, 4.69) is 15.6 Å². The van der Waals surface area contributed by atoms with Gasteiger partial charge in [0.05, 0.1) is 32.0 Å². The molecule has 0 saturated carbocycles. The highest BCUT2D eigenvalue weighted by atomic mass is 16.5. The highest BCUT2D eigenvalue weighted by Crippen LogP contribution is 2.28. The van der Waals surface area contributed by atoms with Crippen LogP contribution in [0.5, 0.6) is 5.75 Å². The van der Waals surface area contributed by atoms with Gasteiger partial charge in [-0.3, -0.25) is 9.59 Å². The maximum atomic E-state index is 12.1. The third-order valence-electron chi connectivity index (χ3n) is 4.63. The molecule has 1 aromatic heterocycles. The van der Waals surface area contributed by atoms with E-state index in [9.17, 15) is 14.4 Å². The largest absolute Gasteiger partial charge is 0.494 e. The summed E-state index contributed by atoms with van der Waals surface area (Å²) in [5.74, 6) is -0.549. The number of hydrogen-bond acceptors (Lipinski definition) is 7. The number of hydrogen-bond donors (Lipinski definition) is 2. The fourth-order valence-electron chi connectivity index (χ4n) is 2.93. The highest BCUT2D eigenvalue weighted by molar-refractivity contribution is 6.39. The molecule has 0 aliphatic heterocycles. The van der Waals surface area contributed by atoms with Gasteiger partial charge in [-0.15, -0.1) is 0 Å². The average Bonchev–Trinajstić information content (AvgIpc) is 3.29. The molecular weight excluding hydrogens is 438 g/mol. The fourth-order valence-corrected chi connectivity index (χ4v) is 2.93. The standard InChI is InChI=1S/C25H25N3O6/c1-4-33-25(31)17-6-8-18(9-7-17)28-24(30)23(29)27-15-20-11-10-19(34-20)14-26-21-13-16(2)5-12-22(21)32-3/h5-14H,4,15H2,1-3H3,(H,27,29)(H,28,30). The lowest BCUT2D eigenvalue weighted by Crippen LogP contribution is -2.34. The normalized spacial score (nSPS) is 10.7. The lowest BCUT2D eigenvalue weighted by Gasteiger charge is -2.07. The molecule has 34 heavy (non-hydrogen) atoms. The number of amides is 2. The minimum Gasteiger partial charge on any atom is -0.494 e. The van der Waals surface area contributed by atoms with Crippen LogP contribution in [0.3, 0.4) is 0 Å². The van der Waals surface area contributed by atoms with E-state index in [1.807, 2.05) is 25.1 Å². The van der Waals surface area contributed by atoms with Gasteiger partial charge in [-0.1, -0.05) is 6.07 Å². The first-order chi connectivity index (χ1) is 16.4. The first-order valence-corrected chi connectivity index (χ1v) is 10.5. The van der Waals surface area contributed by atoms with E-state index in [0.717, 1.165) is 5.56 Å². The first kappa shape index (κ1) is 24.2. The van der Waals surface area contributed by atoms with Crippen LogP contribution in [0.15, 0.2) is 64.0 Å². The van der Waals surface area contributed by atoms with E-state index in [1.165, 1.54) is 24.3 Å². The number of benzene rings is 2. The zero-order chi connectivity index (χ0) is 24.5. The van der Waals surface area contributed by atoms with Crippen LogP contribution in [-0.2, 0) is 20.9 Å². The molecule has 0 radical (unpaired) electrons. The Morgan fingerprint density at radius 3 is 2.50 bits per heavy atom. The van der Waals surface area contributed by atoms with Gasteiger partial charge in [0.25, 0.3) is 0 Å². The Balaban J connectivity index is 1.52. The number of carbonyl (C=O) groups is 3. The zero-order valence-corrected chi connectivity index (χ0v) is 19.1. The summed E-state index contributed by atoms with van der Waals surface area (Å²) in [6, 6.07) is 15.1. The number of furan rings is 1. The van der Waals surface area contributed by atoms with Gasteiger partial charge in [0.1, 0.15) is 23.0 Å². The number of anilines is 1. The molecule has 3 aromatic rings. The SMILES string of the molecule is CCOC(=O)c1ccc(NC(=O)C(=O)NCc2ccc(C=Nc3cc(C)ccc3OC)o2)cc1. The molecule has 0 fully saturated rings. The lowest BCUT2D eigenvalue weighted by atomic mass is 10.2. The number of ether oxygens (including phenoxy) is 2. The molecule has 2 aromatic carbocycles. The lowest BCUT2D eigenvalue weighted by molar-refractivity contribution is -0.136. The predicted octanol–water partition coefficient (Wildman–Crippen LogP) is 3.78. The van der Waals surface area contributed by atoms with Gasteiger partial charge in [0.2, 0.25) is 0 Å². The van der Waals surface area contributed by atoms with Gasteiger partial charge in [-0.2, -0.15) is 0 Å². The van der Waals surface area contributed by atoms with E-state index in [4.69, 9.17) is 13.9 Å². The Morgan fingerprint density at radius 1 is 1.03 bits per heavy atom. The molecule has 0 spiro atoms. The molecular formula is C25H25N3O6. The second-order valence-corrected chi connectivity index (χ2v) is 7.17. The summed E-state index contributed by atoms with van der Waals surface area (Å²) in [6.07, 6.45) is 1.55. The van der Waals surface area contributed by atoms with Gasteiger partial charge in [-0.05, 0) is 67.9 Å². The third kappa shape index (κ3) is 6.55. The molecule has 0 aliphatic rings. The summed E-state index contributed by atoms with van der Waals surface area (Å²) in [4.78, 5) is 40.3. The van der Waals surface area contributed by atoms with Crippen molar-refractivity contribution in [2.45, 2.75) is 20.4 Å². The van der Waals surface area contributed by atoms with Gasteiger partial charge < -0.3 is 24.5 Å². The molecule has 0 atom stereocenters. The van der Waals surface area contributed by atoms with Gasteiger partial charge in [-0.25, -0.2) is 9.79 Å².